The third-order valence-electron chi connectivity index (χ3n) is 7.59. The molecule has 1 atom stereocenters. The summed E-state index contributed by atoms with van der Waals surface area (Å²) >= 11 is 10.5. The first-order valence-electron chi connectivity index (χ1n) is 14.2. The van der Waals surface area contributed by atoms with Gasteiger partial charge in [-0.3, -0.25) is 4.90 Å². The maximum atomic E-state index is 13.9. The Morgan fingerprint density at radius 2 is 1.93 bits per heavy atom. The smallest absolute Gasteiger partial charge is 0.345 e. The van der Waals surface area contributed by atoms with Crippen LogP contribution >= 0.6 is 45.5 Å². The molecule has 0 amide bonds. The van der Waals surface area contributed by atoms with Gasteiger partial charge in [0.05, 0.1) is 13.3 Å². The lowest BCUT2D eigenvalue weighted by Gasteiger charge is -2.32. The van der Waals surface area contributed by atoms with Crippen LogP contribution in [0.15, 0.2) is 36.7 Å². The summed E-state index contributed by atoms with van der Waals surface area (Å²) in [4.78, 5) is 26.5. The SMILES string of the molecule is COCOc1cc(F)ccc1C[C@@H](Oc1ncnc2sc(I)c(-c3ccc(OCCN4CCN(C)CC4)c(Cl)c3C)c12)C(=O)O. The number of ether oxygens (including phenoxy) is 4. The minimum Gasteiger partial charge on any atom is -0.491 e. The molecule has 1 aliphatic rings. The molecule has 4 aromatic rings. The third kappa shape index (κ3) is 7.95. The van der Waals surface area contributed by atoms with E-state index in [9.17, 15) is 14.3 Å². The van der Waals surface area contributed by atoms with Gasteiger partial charge in [0.1, 0.15) is 35.1 Å². The lowest BCUT2D eigenvalue weighted by molar-refractivity contribution is -0.145. The molecule has 10 nitrogen and oxygen atoms in total. The highest BCUT2D eigenvalue weighted by atomic mass is 127. The largest absolute Gasteiger partial charge is 0.491 e. The van der Waals surface area contributed by atoms with Gasteiger partial charge in [-0.1, -0.05) is 23.7 Å². The monoisotopic (exact) mass is 770 g/mol. The van der Waals surface area contributed by atoms with Crippen molar-refractivity contribution in [2.24, 2.45) is 0 Å². The Hall–Kier alpha value is -2.82. The number of aliphatic carboxylic acids is 1. The maximum absolute atomic E-state index is 13.9. The number of nitrogens with zero attached hydrogens (tertiary/aromatic N) is 4. The second kappa shape index (κ2) is 15.2. The van der Waals surface area contributed by atoms with Crippen LogP contribution in [-0.4, -0.2) is 97.2 Å². The fraction of sp³-hybridized carbons (Fsp3) is 0.387. The van der Waals surface area contributed by atoms with Crippen molar-refractivity contribution in [2.45, 2.75) is 19.4 Å². The molecule has 240 valence electrons. The van der Waals surface area contributed by atoms with Gasteiger partial charge >= 0.3 is 5.97 Å². The number of piperazine rings is 1. The van der Waals surface area contributed by atoms with Gasteiger partial charge in [-0.15, -0.1) is 11.3 Å². The van der Waals surface area contributed by atoms with Crippen molar-refractivity contribution < 1.29 is 33.2 Å². The molecular weight excluding hydrogens is 738 g/mol. The number of hydrogen-bond donors (Lipinski definition) is 1. The molecule has 0 spiro atoms. The molecule has 2 aromatic carbocycles. The molecule has 14 heteroatoms. The second-order valence-corrected chi connectivity index (χ2v) is 13.8. The Morgan fingerprint density at radius 3 is 2.67 bits per heavy atom. The molecule has 5 rings (SSSR count). The summed E-state index contributed by atoms with van der Waals surface area (Å²) < 4.78 is 37.4. The van der Waals surface area contributed by atoms with Crippen molar-refractivity contribution in [1.29, 1.82) is 0 Å². The van der Waals surface area contributed by atoms with Crippen molar-refractivity contribution in [3.8, 4) is 28.5 Å². The molecule has 0 unspecified atom stereocenters. The number of methoxy groups -OCH3 is 1. The van der Waals surface area contributed by atoms with Gasteiger partial charge in [0.25, 0.3) is 0 Å². The van der Waals surface area contributed by atoms with E-state index in [1.54, 1.807) is 0 Å². The zero-order valence-corrected chi connectivity index (χ0v) is 28.7. The van der Waals surface area contributed by atoms with E-state index >= 15 is 0 Å². The topological polar surface area (TPSA) is 106 Å². The number of thiophene rings is 1. The van der Waals surface area contributed by atoms with E-state index in [4.69, 9.17) is 30.5 Å². The number of likely N-dealkylation sites (N-methyl/N-ethyl adjacent to an activating group) is 1. The Morgan fingerprint density at radius 1 is 1.16 bits per heavy atom. The molecule has 1 aliphatic heterocycles. The molecule has 1 N–H and O–H groups in total. The molecule has 45 heavy (non-hydrogen) atoms. The third-order valence-corrected chi connectivity index (χ3v) is 10.1. The van der Waals surface area contributed by atoms with Gasteiger partial charge in [0, 0.05) is 57.9 Å². The number of hydrogen-bond acceptors (Lipinski definition) is 10. The van der Waals surface area contributed by atoms with Crippen LogP contribution in [-0.2, 0) is 16.0 Å². The van der Waals surface area contributed by atoms with Crippen molar-refractivity contribution in [2.75, 3.05) is 60.3 Å². The number of fused-ring (bicyclic) bond motifs is 1. The minimum absolute atomic E-state index is 0.109. The van der Waals surface area contributed by atoms with Gasteiger partial charge in [-0.2, -0.15) is 0 Å². The first kappa shape index (κ1) is 33.5. The van der Waals surface area contributed by atoms with Crippen LogP contribution in [0.3, 0.4) is 0 Å². The predicted octanol–water partition coefficient (Wildman–Crippen LogP) is 5.75. The molecule has 2 aromatic heterocycles. The average Bonchev–Trinajstić information content (AvgIpc) is 3.36. The van der Waals surface area contributed by atoms with Gasteiger partial charge in [0.15, 0.2) is 6.79 Å². The fourth-order valence-electron chi connectivity index (χ4n) is 5.08. The number of carboxylic acids is 1. The lowest BCUT2D eigenvalue weighted by atomic mass is 10.0. The summed E-state index contributed by atoms with van der Waals surface area (Å²) in [5.41, 5.74) is 2.88. The van der Waals surface area contributed by atoms with Crippen molar-refractivity contribution in [1.82, 2.24) is 19.8 Å². The van der Waals surface area contributed by atoms with Gasteiger partial charge in [-0.05, 0) is 65.4 Å². The van der Waals surface area contributed by atoms with Crippen molar-refractivity contribution in [3.05, 3.63) is 61.5 Å². The summed E-state index contributed by atoms with van der Waals surface area (Å²) in [6, 6.07) is 7.69. The molecule has 1 saturated heterocycles. The zero-order valence-electron chi connectivity index (χ0n) is 25.0. The minimum atomic E-state index is -1.36. The summed E-state index contributed by atoms with van der Waals surface area (Å²) in [6.07, 6.45) is -0.124. The first-order chi connectivity index (χ1) is 21.7. The maximum Gasteiger partial charge on any atom is 0.345 e. The summed E-state index contributed by atoms with van der Waals surface area (Å²) in [5.74, 6) is -0.848. The predicted molar refractivity (Wildman–Crippen MR) is 179 cm³/mol. The van der Waals surface area contributed by atoms with Crippen molar-refractivity contribution >= 4 is 61.7 Å². The van der Waals surface area contributed by atoms with Crippen molar-refractivity contribution in [3.63, 3.8) is 0 Å². The fourth-order valence-corrected chi connectivity index (χ4v) is 7.36. The zero-order chi connectivity index (χ0) is 32.1. The van der Waals surface area contributed by atoms with Gasteiger partial charge < -0.3 is 29.0 Å². The number of benzene rings is 2. The Labute approximate surface area is 283 Å². The van der Waals surface area contributed by atoms with Crippen LogP contribution in [0.4, 0.5) is 4.39 Å². The summed E-state index contributed by atoms with van der Waals surface area (Å²) in [6.45, 7) is 7.25. The van der Waals surface area contributed by atoms with Gasteiger partial charge in [0.2, 0.25) is 12.0 Å². The van der Waals surface area contributed by atoms with E-state index in [1.165, 1.54) is 43.0 Å². The average molecular weight is 771 g/mol. The highest BCUT2D eigenvalue weighted by Crippen LogP contribution is 2.46. The Kier molecular flexibility index (Phi) is 11.3. The Bertz CT molecular complexity index is 1670. The number of halogens is 3. The highest BCUT2D eigenvalue weighted by Gasteiger charge is 2.27. The van der Waals surface area contributed by atoms with Crippen LogP contribution in [0, 0.1) is 15.6 Å². The quantitative estimate of drug-likeness (QED) is 0.134. The summed E-state index contributed by atoms with van der Waals surface area (Å²) in [5, 5.41) is 11.2. The lowest BCUT2D eigenvalue weighted by Crippen LogP contribution is -2.45. The molecule has 3 heterocycles. The van der Waals surface area contributed by atoms with Crippen LogP contribution in [0.25, 0.3) is 21.3 Å². The molecule has 1 fully saturated rings. The van der Waals surface area contributed by atoms with E-state index in [2.05, 4.69) is 49.4 Å². The van der Waals surface area contributed by atoms with E-state index in [1.807, 2.05) is 19.1 Å². The summed E-state index contributed by atoms with van der Waals surface area (Å²) in [7, 11) is 3.57. The highest BCUT2D eigenvalue weighted by molar-refractivity contribution is 14.1. The molecule has 0 saturated carbocycles. The molecule has 0 bridgehead atoms. The van der Waals surface area contributed by atoms with Crippen LogP contribution in [0.1, 0.15) is 11.1 Å². The molecule has 0 aliphatic carbocycles. The normalized spacial score (nSPS) is 14.9. The van der Waals surface area contributed by atoms with Crippen LogP contribution in [0.2, 0.25) is 5.02 Å². The van der Waals surface area contributed by atoms with Crippen LogP contribution < -0.4 is 14.2 Å². The standard InChI is InChI=1S/C31H33ClFIN4O6S/c1-18-21(6-7-22(27(18)32)42-13-12-38-10-8-37(2)9-11-38)25-26-29(35-16-36-30(26)45-28(25)34)44-24(31(39)40)14-19-4-5-20(33)15-23(19)43-17-41-3/h4-7,15-16,24H,8-14,17H2,1-3H3,(H,39,40)/t24-/m1/s1. The number of rotatable bonds is 13. The second-order valence-electron chi connectivity index (χ2n) is 10.6. The van der Waals surface area contributed by atoms with E-state index < -0.39 is 17.9 Å². The van der Waals surface area contributed by atoms with E-state index in [0.29, 0.717) is 33.2 Å². The number of carbonyl (C=O) groups is 1. The van der Waals surface area contributed by atoms with E-state index in [-0.39, 0.29) is 24.8 Å². The van der Waals surface area contributed by atoms with E-state index in [0.717, 1.165) is 52.3 Å². The molecular formula is C31H33ClFIN4O6S. The van der Waals surface area contributed by atoms with Crippen LogP contribution in [0.5, 0.6) is 17.4 Å². The number of aromatic nitrogens is 2. The number of carboxylic acid groups (broad SMARTS) is 1. The molecule has 0 radical (unpaired) electrons. The first-order valence-corrected chi connectivity index (χ1v) is 16.5. The van der Waals surface area contributed by atoms with Gasteiger partial charge in [-0.25, -0.2) is 19.2 Å². The Balaban J connectivity index is 1.41.